The van der Waals surface area contributed by atoms with E-state index in [-0.39, 0.29) is 0 Å². The maximum absolute atomic E-state index is 4.80. The summed E-state index contributed by atoms with van der Waals surface area (Å²) < 4.78 is 1.85. The molecule has 0 unspecified atom stereocenters. The van der Waals surface area contributed by atoms with Gasteiger partial charge in [-0.3, -0.25) is 4.68 Å². The maximum Gasteiger partial charge on any atom is 0.224 e. The Morgan fingerprint density at radius 1 is 0.962 bits per heavy atom. The van der Waals surface area contributed by atoms with E-state index in [1.54, 1.807) is 0 Å². The largest absolute Gasteiger partial charge is 0.350 e. The molecule has 0 spiro atoms. The lowest BCUT2D eigenvalue weighted by Gasteiger charge is -2.10. The third-order valence-corrected chi connectivity index (χ3v) is 4.41. The number of nitrogens with zero attached hydrogens (tertiary/aromatic N) is 4. The number of hydrogen-bond donors (Lipinski definition) is 1. The molecule has 0 saturated heterocycles. The Kier molecular flexibility index (Phi) is 4.35. The van der Waals surface area contributed by atoms with Gasteiger partial charge in [0.2, 0.25) is 5.95 Å². The smallest absolute Gasteiger partial charge is 0.224 e. The Bertz CT molecular complexity index is 1040. The van der Waals surface area contributed by atoms with Crippen molar-refractivity contribution >= 4 is 16.9 Å². The van der Waals surface area contributed by atoms with Crippen molar-refractivity contribution in [3.8, 4) is 11.3 Å². The second-order valence-corrected chi connectivity index (χ2v) is 6.26. The van der Waals surface area contributed by atoms with Crippen molar-refractivity contribution in [3.05, 3.63) is 72.1 Å². The molecule has 5 nitrogen and oxygen atoms in total. The Labute approximate surface area is 152 Å². The van der Waals surface area contributed by atoms with Crippen LogP contribution in [0.1, 0.15) is 18.2 Å². The number of aryl methyl sites for hydroxylation is 2. The second-order valence-electron chi connectivity index (χ2n) is 6.26. The van der Waals surface area contributed by atoms with Crippen molar-refractivity contribution < 1.29 is 0 Å². The lowest BCUT2D eigenvalue weighted by molar-refractivity contribution is 0.746. The lowest BCUT2D eigenvalue weighted by Crippen LogP contribution is -2.06. The lowest BCUT2D eigenvalue weighted by atomic mass is 10.1. The van der Waals surface area contributed by atoms with E-state index < -0.39 is 0 Å². The van der Waals surface area contributed by atoms with Crippen molar-refractivity contribution in [1.29, 1.82) is 0 Å². The summed E-state index contributed by atoms with van der Waals surface area (Å²) >= 11 is 0. The zero-order chi connectivity index (χ0) is 17.9. The number of aromatic nitrogens is 4. The molecule has 0 fully saturated rings. The number of benzene rings is 2. The highest BCUT2D eigenvalue weighted by molar-refractivity contribution is 5.93. The molecule has 26 heavy (non-hydrogen) atoms. The van der Waals surface area contributed by atoms with Crippen molar-refractivity contribution in [2.24, 2.45) is 7.05 Å². The van der Waals surface area contributed by atoms with E-state index in [0.717, 1.165) is 34.3 Å². The molecule has 0 radical (unpaired) electrons. The third-order valence-electron chi connectivity index (χ3n) is 4.41. The first-order chi connectivity index (χ1) is 12.7. The van der Waals surface area contributed by atoms with E-state index in [1.165, 1.54) is 5.56 Å². The van der Waals surface area contributed by atoms with E-state index in [0.29, 0.717) is 12.5 Å². The molecule has 0 aliphatic rings. The fourth-order valence-electron chi connectivity index (χ4n) is 3.17. The number of nitrogens with one attached hydrogen (secondary N) is 1. The van der Waals surface area contributed by atoms with Gasteiger partial charge >= 0.3 is 0 Å². The number of rotatable bonds is 5. The molecule has 2 heterocycles. The fraction of sp³-hybridized carbons (Fsp3) is 0.190. The number of anilines is 1. The molecule has 2 aromatic heterocycles. The average molecular weight is 343 g/mol. The highest BCUT2D eigenvalue weighted by Gasteiger charge is 2.11. The molecular formula is C21H21N5. The van der Waals surface area contributed by atoms with E-state index in [9.17, 15) is 0 Å². The zero-order valence-corrected chi connectivity index (χ0v) is 15.0. The topological polar surface area (TPSA) is 55.6 Å². The maximum atomic E-state index is 4.80. The molecule has 0 aliphatic heterocycles. The van der Waals surface area contributed by atoms with Crippen LogP contribution < -0.4 is 5.32 Å². The molecule has 0 aliphatic carbocycles. The molecule has 0 saturated carbocycles. The van der Waals surface area contributed by atoms with Gasteiger partial charge in [0, 0.05) is 36.3 Å². The minimum Gasteiger partial charge on any atom is -0.350 e. The van der Waals surface area contributed by atoms with Crippen LogP contribution in [0.3, 0.4) is 0 Å². The summed E-state index contributed by atoms with van der Waals surface area (Å²) in [4.78, 5) is 9.49. The predicted molar refractivity (Wildman–Crippen MR) is 105 cm³/mol. The molecule has 4 aromatic rings. The molecule has 0 atom stereocenters. The first-order valence-electron chi connectivity index (χ1n) is 8.82. The molecular weight excluding hydrogens is 322 g/mol. The minimum absolute atomic E-state index is 0.633. The minimum atomic E-state index is 0.633. The predicted octanol–water partition coefficient (Wildman–Crippen LogP) is 4.20. The van der Waals surface area contributed by atoms with E-state index in [4.69, 9.17) is 4.98 Å². The van der Waals surface area contributed by atoms with Gasteiger partial charge < -0.3 is 5.32 Å². The summed E-state index contributed by atoms with van der Waals surface area (Å²) in [6, 6.07) is 18.3. The van der Waals surface area contributed by atoms with Gasteiger partial charge in [-0.15, -0.1) is 0 Å². The standard InChI is InChI=1S/C21H21N5/c1-3-18-16(14-26(2)25-18)13-22-21-23-19-12-8-7-11-17(19)20(24-21)15-9-5-4-6-10-15/h4-12,14H,3,13H2,1-2H3,(H,22,23,24). The molecule has 1 N–H and O–H groups in total. The van der Waals surface area contributed by atoms with Gasteiger partial charge in [0.05, 0.1) is 16.9 Å². The van der Waals surface area contributed by atoms with Crippen LogP contribution in [0.15, 0.2) is 60.8 Å². The Balaban J connectivity index is 1.72. The van der Waals surface area contributed by atoms with Gasteiger partial charge in [-0.05, 0) is 12.5 Å². The molecule has 2 aromatic carbocycles. The quantitative estimate of drug-likeness (QED) is 0.590. The summed E-state index contributed by atoms with van der Waals surface area (Å²) in [5.41, 5.74) is 5.24. The van der Waals surface area contributed by atoms with Crippen molar-refractivity contribution in [2.45, 2.75) is 19.9 Å². The average Bonchev–Trinajstić information content (AvgIpc) is 3.06. The number of fused-ring (bicyclic) bond motifs is 1. The van der Waals surface area contributed by atoms with Gasteiger partial charge in [-0.2, -0.15) is 5.10 Å². The monoisotopic (exact) mass is 343 g/mol. The van der Waals surface area contributed by atoms with Crippen molar-refractivity contribution in [3.63, 3.8) is 0 Å². The fourth-order valence-corrected chi connectivity index (χ4v) is 3.17. The summed E-state index contributed by atoms with van der Waals surface area (Å²) in [6.45, 7) is 2.77. The summed E-state index contributed by atoms with van der Waals surface area (Å²) in [7, 11) is 1.95. The second kappa shape index (κ2) is 6.96. The van der Waals surface area contributed by atoms with Crippen LogP contribution in [0.25, 0.3) is 22.2 Å². The summed E-state index contributed by atoms with van der Waals surface area (Å²) in [6.07, 6.45) is 2.96. The number of hydrogen-bond acceptors (Lipinski definition) is 4. The van der Waals surface area contributed by atoms with Crippen LogP contribution in [0, 0.1) is 0 Å². The molecule has 0 amide bonds. The van der Waals surface area contributed by atoms with E-state index in [1.807, 2.05) is 54.3 Å². The van der Waals surface area contributed by atoms with Crippen molar-refractivity contribution in [2.75, 3.05) is 5.32 Å². The normalized spacial score (nSPS) is 11.0. The van der Waals surface area contributed by atoms with Gasteiger partial charge in [0.25, 0.3) is 0 Å². The Morgan fingerprint density at radius 2 is 1.73 bits per heavy atom. The van der Waals surface area contributed by atoms with Crippen molar-refractivity contribution in [1.82, 2.24) is 19.7 Å². The molecule has 0 bridgehead atoms. The zero-order valence-electron chi connectivity index (χ0n) is 15.0. The van der Waals surface area contributed by atoms with Crippen LogP contribution in [0.4, 0.5) is 5.95 Å². The summed E-state index contributed by atoms with van der Waals surface area (Å²) in [5, 5.41) is 8.92. The first kappa shape index (κ1) is 16.3. The van der Waals surface area contributed by atoms with Crippen LogP contribution in [-0.2, 0) is 20.0 Å². The molecule has 4 rings (SSSR count). The molecule has 130 valence electrons. The molecule has 5 heteroatoms. The van der Waals surface area contributed by atoms with Gasteiger partial charge in [0.15, 0.2) is 0 Å². The van der Waals surface area contributed by atoms with Crippen LogP contribution in [-0.4, -0.2) is 19.7 Å². The van der Waals surface area contributed by atoms with E-state index >= 15 is 0 Å². The third kappa shape index (κ3) is 3.16. The van der Waals surface area contributed by atoms with Gasteiger partial charge in [-0.25, -0.2) is 9.97 Å². The van der Waals surface area contributed by atoms with Crippen LogP contribution >= 0.6 is 0 Å². The van der Waals surface area contributed by atoms with Crippen LogP contribution in [0.5, 0.6) is 0 Å². The SMILES string of the molecule is CCc1nn(C)cc1CNc1nc(-c2ccccc2)c2ccccc2n1. The van der Waals surface area contributed by atoms with Gasteiger partial charge in [0.1, 0.15) is 0 Å². The first-order valence-corrected chi connectivity index (χ1v) is 8.82. The van der Waals surface area contributed by atoms with Gasteiger partial charge in [-0.1, -0.05) is 55.5 Å². The summed E-state index contributed by atoms with van der Waals surface area (Å²) in [5.74, 6) is 0.633. The van der Waals surface area contributed by atoms with Crippen LogP contribution in [0.2, 0.25) is 0 Å². The highest BCUT2D eigenvalue weighted by Crippen LogP contribution is 2.27. The Hall–Kier alpha value is -3.21. The highest BCUT2D eigenvalue weighted by atomic mass is 15.3. The Morgan fingerprint density at radius 3 is 2.54 bits per heavy atom. The number of para-hydroxylation sites is 1. The van der Waals surface area contributed by atoms with E-state index in [2.05, 4.69) is 40.5 Å².